The molecule has 30 heavy (non-hydrogen) atoms. The first-order valence-electron chi connectivity index (χ1n) is 9.73. The molecule has 1 atom stereocenters. The summed E-state index contributed by atoms with van der Waals surface area (Å²) >= 11 is 0. The maximum atomic E-state index is 13.8. The Morgan fingerprint density at radius 1 is 1.13 bits per heavy atom. The number of rotatable bonds is 9. The second-order valence-electron chi connectivity index (χ2n) is 7.06. The summed E-state index contributed by atoms with van der Waals surface area (Å²) in [6.45, 7) is 0.316. The normalized spacial score (nSPS) is 14.7. The van der Waals surface area contributed by atoms with Gasteiger partial charge in [-0.1, -0.05) is 42.5 Å². The number of hydrogen-bond donors (Lipinski definition) is 1. The number of nitrogens with one attached hydrogen (secondary N) is 1. The Hall–Kier alpha value is -3.42. The quantitative estimate of drug-likeness (QED) is 0.641. The minimum atomic E-state index is -0.473. The van der Waals surface area contributed by atoms with Crippen LogP contribution < -0.4 is 10.1 Å². The smallest absolute Gasteiger partial charge is 0.326 e. The third-order valence-electron chi connectivity index (χ3n) is 4.80. The Morgan fingerprint density at radius 3 is 2.50 bits per heavy atom. The van der Waals surface area contributed by atoms with E-state index in [-0.39, 0.29) is 49.7 Å². The van der Waals surface area contributed by atoms with Crippen LogP contribution in [0.2, 0.25) is 0 Å². The van der Waals surface area contributed by atoms with Crippen molar-refractivity contribution in [3.8, 4) is 5.75 Å². The average Bonchev–Trinajstić information content (AvgIpc) is 2.98. The number of benzene rings is 2. The van der Waals surface area contributed by atoms with E-state index >= 15 is 0 Å². The van der Waals surface area contributed by atoms with E-state index in [1.807, 2.05) is 30.3 Å². The molecule has 1 aliphatic heterocycles. The number of ether oxygens (including phenoxy) is 1. The summed E-state index contributed by atoms with van der Waals surface area (Å²) in [6.07, 6.45) is 0.497. The fraction of sp³-hybridized carbons (Fsp3) is 0.318. The Balaban J connectivity index is 1.56. The van der Waals surface area contributed by atoms with E-state index in [1.165, 1.54) is 17.0 Å². The van der Waals surface area contributed by atoms with Crippen LogP contribution in [0.25, 0.3) is 0 Å². The minimum absolute atomic E-state index is 0.0601. The number of para-hydroxylation sites is 1. The van der Waals surface area contributed by atoms with Crippen molar-refractivity contribution in [2.75, 3.05) is 26.7 Å². The lowest BCUT2D eigenvalue weighted by molar-refractivity contribution is -0.126. The zero-order valence-corrected chi connectivity index (χ0v) is 16.7. The predicted octanol–water partition coefficient (Wildman–Crippen LogP) is 2.74. The van der Waals surface area contributed by atoms with Gasteiger partial charge in [-0.05, 0) is 24.1 Å². The number of likely N-dealkylation sites (N-methyl/N-ethyl adjacent to an activating group) is 1. The molecular weight excluding hydrogens is 389 g/mol. The zero-order chi connectivity index (χ0) is 21.5. The highest BCUT2D eigenvalue weighted by Crippen LogP contribution is 2.19. The van der Waals surface area contributed by atoms with Gasteiger partial charge in [0, 0.05) is 20.0 Å². The molecule has 7 nitrogen and oxygen atoms in total. The molecule has 3 rings (SSSR count). The number of amides is 4. The first-order valence-corrected chi connectivity index (χ1v) is 9.73. The molecule has 1 heterocycles. The van der Waals surface area contributed by atoms with Crippen molar-refractivity contribution in [3.63, 3.8) is 0 Å². The second-order valence-corrected chi connectivity index (χ2v) is 7.06. The van der Waals surface area contributed by atoms with Crippen LogP contribution in [0.15, 0.2) is 54.6 Å². The highest BCUT2D eigenvalue weighted by atomic mass is 19.1. The summed E-state index contributed by atoms with van der Waals surface area (Å²) in [4.78, 5) is 38.6. The van der Waals surface area contributed by atoms with Crippen LogP contribution in [0.3, 0.4) is 0 Å². The van der Waals surface area contributed by atoms with E-state index in [9.17, 15) is 18.8 Å². The van der Waals surface area contributed by atoms with Crippen molar-refractivity contribution >= 4 is 17.8 Å². The lowest BCUT2D eigenvalue weighted by atomic mass is 10.1. The van der Waals surface area contributed by atoms with Crippen LogP contribution >= 0.6 is 0 Å². The van der Waals surface area contributed by atoms with Crippen LogP contribution in [0.4, 0.5) is 9.18 Å². The summed E-state index contributed by atoms with van der Waals surface area (Å²) in [5.41, 5.74) is 0.828. The van der Waals surface area contributed by atoms with Crippen LogP contribution in [-0.4, -0.2) is 54.4 Å². The van der Waals surface area contributed by atoms with Crippen LogP contribution in [0.1, 0.15) is 24.4 Å². The van der Waals surface area contributed by atoms with Gasteiger partial charge in [-0.25, -0.2) is 9.18 Å². The molecule has 1 fully saturated rings. The number of nitrogens with zero attached hydrogens (tertiary/aromatic N) is 2. The zero-order valence-electron chi connectivity index (χ0n) is 16.7. The molecule has 1 saturated heterocycles. The summed E-state index contributed by atoms with van der Waals surface area (Å²) in [6, 6.07) is 14.5. The van der Waals surface area contributed by atoms with Crippen LogP contribution in [0, 0.1) is 5.82 Å². The lowest BCUT2D eigenvalue weighted by Crippen LogP contribution is -2.35. The van der Waals surface area contributed by atoms with Gasteiger partial charge in [-0.3, -0.25) is 14.5 Å². The maximum Gasteiger partial charge on any atom is 0.326 e. The van der Waals surface area contributed by atoms with Crippen LogP contribution in [-0.2, 0) is 9.59 Å². The molecule has 1 aliphatic rings. The highest BCUT2D eigenvalue weighted by Gasteiger charge is 2.32. The molecule has 4 amide bonds. The molecule has 2 aromatic rings. The van der Waals surface area contributed by atoms with Gasteiger partial charge in [0.25, 0.3) is 0 Å². The SMILES string of the molecule is CN1CC(=O)N(CCCC(=O)NC(COc2ccccc2F)c2ccccc2)C1=O. The Morgan fingerprint density at radius 2 is 1.83 bits per heavy atom. The molecule has 0 aromatic heterocycles. The number of imide groups is 1. The first kappa shape index (κ1) is 21.3. The van der Waals surface area contributed by atoms with Gasteiger partial charge < -0.3 is 15.0 Å². The van der Waals surface area contributed by atoms with Crippen LogP contribution in [0.5, 0.6) is 5.75 Å². The van der Waals surface area contributed by atoms with E-state index in [0.29, 0.717) is 6.42 Å². The summed E-state index contributed by atoms with van der Waals surface area (Å²) in [5, 5.41) is 2.89. The molecule has 158 valence electrons. The van der Waals surface area contributed by atoms with Crippen molar-refractivity contribution < 1.29 is 23.5 Å². The standard InChI is InChI=1S/C22H24FN3O4/c1-25-14-21(28)26(22(25)29)13-7-12-20(27)24-18(16-8-3-2-4-9-16)15-30-19-11-6-5-10-17(19)23/h2-6,8-11,18H,7,12-15H2,1H3,(H,24,27). The number of halogens is 1. The van der Waals surface area contributed by atoms with Gasteiger partial charge in [0.1, 0.15) is 13.2 Å². The van der Waals surface area contributed by atoms with Gasteiger partial charge >= 0.3 is 6.03 Å². The first-order chi connectivity index (χ1) is 14.5. The Kier molecular flexibility index (Phi) is 7.00. The monoisotopic (exact) mass is 413 g/mol. The summed E-state index contributed by atoms with van der Waals surface area (Å²) in [5.74, 6) is -0.861. The van der Waals surface area contributed by atoms with E-state index in [0.717, 1.165) is 10.5 Å². The third kappa shape index (κ3) is 5.34. The summed E-state index contributed by atoms with van der Waals surface area (Å²) < 4.78 is 19.4. The summed E-state index contributed by atoms with van der Waals surface area (Å²) in [7, 11) is 1.56. The molecule has 0 saturated carbocycles. The van der Waals surface area contributed by atoms with E-state index in [2.05, 4.69) is 5.32 Å². The highest BCUT2D eigenvalue weighted by molar-refractivity contribution is 6.01. The predicted molar refractivity (Wildman–Crippen MR) is 108 cm³/mol. The van der Waals surface area contributed by atoms with Gasteiger partial charge in [-0.15, -0.1) is 0 Å². The van der Waals surface area contributed by atoms with Crippen molar-refractivity contribution in [3.05, 3.63) is 66.0 Å². The van der Waals surface area contributed by atoms with Crippen molar-refractivity contribution in [1.29, 1.82) is 0 Å². The van der Waals surface area contributed by atoms with Crippen molar-refractivity contribution in [1.82, 2.24) is 15.1 Å². The van der Waals surface area contributed by atoms with Gasteiger partial charge in [0.2, 0.25) is 11.8 Å². The van der Waals surface area contributed by atoms with Crippen molar-refractivity contribution in [2.24, 2.45) is 0 Å². The maximum absolute atomic E-state index is 13.8. The Bertz CT molecular complexity index is 906. The van der Waals surface area contributed by atoms with Gasteiger partial charge in [0.05, 0.1) is 6.04 Å². The van der Waals surface area contributed by atoms with Crippen molar-refractivity contribution in [2.45, 2.75) is 18.9 Å². The number of urea groups is 1. The van der Waals surface area contributed by atoms with Gasteiger partial charge in [0.15, 0.2) is 11.6 Å². The second kappa shape index (κ2) is 9.87. The third-order valence-corrected chi connectivity index (χ3v) is 4.80. The Labute approximate surface area is 174 Å². The molecule has 0 radical (unpaired) electrons. The largest absolute Gasteiger partial charge is 0.488 e. The van der Waals surface area contributed by atoms with Gasteiger partial charge in [-0.2, -0.15) is 0 Å². The molecule has 1 N–H and O–H groups in total. The number of carbonyl (C=O) groups is 3. The molecule has 0 aliphatic carbocycles. The fourth-order valence-electron chi connectivity index (χ4n) is 3.19. The average molecular weight is 413 g/mol. The fourth-order valence-corrected chi connectivity index (χ4v) is 3.19. The molecule has 0 bridgehead atoms. The van der Waals surface area contributed by atoms with E-state index in [4.69, 9.17) is 4.74 Å². The number of hydrogen-bond acceptors (Lipinski definition) is 4. The lowest BCUT2D eigenvalue weighted by Gasteiger charge is -2.20. The minimum Gasteiger partial charge on any atom is -0.488 e. The molecule has 1 unspecified atom stereocenters. The molecule has 2 aromatic carbocycles. The molecule has 8 heteroatoms. The number of carbonyl (C=O) groups excluding carboxylic acids is 3. The van der Waals surface area contributed by atoms with E-state index < -0.39 is 11.9 Å². The molecular formula is C22H24FN3O4. The van der Waals surface area contributed by atoms with E-state index in [1.54, 1.807) is 19.2 Å². The molecule has 0 spiro atoms. The topological polar surface area (TPSA) is 79.0 Å².